The zero-order valence-electron chi connectivity index (χ0n) is 7.96. The number of carbonyl (C=O) groups is 1. The van der Waals surface area contributed by atoms with E-state index in [1.165, 1.54) is 0 Å². The summed E-state index contributed by atoms with van der Waals surface area (Å²) < 4.78 is 0.862. The minimum Gasteiger partial charge on any atom is -0.396 e. The number of nitrogens with one attached hydrogen (secondary N) is 1. The Labute approximate surface area is 102 Å². The van der Waals surface area contributed by atoms with E-state index in [9.17, 15) is 4.79 Å². The number of rotatable bonds is 4. The second-order valence-corrected chi connectivity index (χ2v) is 4.32. The molecule has 82 valence electrons. The number of benzene rings is 1. The molecule has 5 heteroatoms. The van der Waals surface area contributed by atoms with E-state index in [1.54, 1.807) is 18.2 Å². The highest BCUT2D eigenvalue weighted by Gasteiger charge is 2.05. The van der Waals surface area contributed by atoms with Gasteiger partial charge in [0, 0.05) is 17.5 Å². The first-order chi connectivity index (χ1) is 7.13. The summed E-state index contributed by atoms with van der Waals surface area (Å²) in [6, 6.07) is 5.24. The topological polar surface area (TPSA) is 49.3 Å². The van der Waals surface area contributed by atoms with Crippen molar-refractivity contribution in [2.24, 2.45) is 0 Å². The number of aliphatic hydroxyl groups excluding tert-OH is 1. The average molecular weight is 293 g/mol. The van der Waals surface area contributed by atoms with Gasteiger partial charge in [-0.1, -0.05) is 27.5 Å². The molecule has 0 bridgehead atoms. The summed E-state index contributed by atoms with van der Waals surface area (Å²) in [5.74, 6) is -0.145. The highest BCUT2D eigenvalue weighted by molar-refractivity contribution is 9.10. The lowest BCUT2D eigenvalue weighted by Crippen LogP contribution is -2.11. The molecule has 1 aromatic carbocycles. The summed E-state index contributed by atoms with van der Waals surface area (Å²) in [6.45, 7) is 0.0154. The van der Waals surface area contributed by atoms with Crippen molar-refractivity contribution < 1.29 is 9.90 Å². The predicted molar refractivity (Wildman–Crippen MR) is 64.1 cm³/mol. The van der Waals surface area contributed by atoms with Gasteiger partial charge in [-0.15, -0.1) is 0 Å². The van der Waals surface area contributed by atoms with E-state index in [-0.39, 0.29) is 12.5 Å². The third kappa shape index (κ3) is 4.20. The number of halogens is 2. The van der Waals surface area contributed by atoms with Crippen molar-refractivity contribution in [3.8, 4) is 0 Å². The molecule has 0 fully saturated rings. The van der Waals surface area contributed by atoms with Gasteiger partial charge in [0.25, 0.3) is 0 Å². The molecule has 0 unspecified atom stereocenters. The van der Waals surface area contributed by atoms with E-state index < -0.39 is 0 Å². The first-order valence-electron chi connectivity index (χ1n) is 4.49. The fourth-order valence-electron chi connectivity index (χ4n) is 1.04. The molecule has 0 saturated heterocycles. The lowest BCUT2D eigenvalue weighted by atomic mass is 10.2. The quantitative estimate of drug-likeness (QED) is 0.896. The Hall–Kier alpha value is -0.580. The Morgan fingerprint density at radius 3 is 2.87 bits per heavy atom. The van der Waals surface area contributed by atoms with Crippen molar-refractivity contribution in [1.82, 2.24) is 0 Å². The van der Waals surface area contributed by atoms with Crippen molar-refractivity contribution in [2.45, 2.75) is 12.8 Å². The zero-order chi connectivity index (χ0) is 11.3. The maximum absolute atomic E-state index is 11.3. The van der Waals surface area contributed by atoms with Crippen LogP contribution < -0.4 is 5.32 Å². The molecular formula is C10H11BrClNO2. The zero-order valence-corrected chi connectivity index (χ0v) is 10.3. The molecule has 0 saturated carbocycles. The molecule has 0 heterocycles. The lowest BCUT2D eigenvalue weighted by Gasteiger charge is -2.06. The average Bonchev–Trinajstić information content (AvgIpc) is 2.19. The standard InChI is InChI=1S/C10H11BrClNO2/c11-7-3-4-9(8(12)6-7)13-10(15)2-1-5-14/h3-4,6,14H,1-2,5H2,(H,13,15). The van der Waals surface area contributed by atoms with Crippen LogP contribution in [-0.2, 0) is 4.79 Å². The number of carbonyl (C=O) groups excluding carboxylic acids is 1. The van der Waals surface area contributed by atoms with Gasteiger partial charge in [0.2, 0.25) is 5.91 Å². The molecule has 1 rings (SSSR count). The third-order valence-corrected chi connectivity index (χ3v) is 2.57. The van der Waals surface area contributed by atoms with E-state index in [0.29, 0.717) is 23.6 Å². The van der Waals surface area contributed by atoms with Gasteiger partial charge in [0.15, 0.2) is 0 Å². The van der Waals surface area contributed by atoms with Crippen LogP contribution in [0.4, 0.5) is 5.69 Å². The largest absolute Gasteiger partial charge is 0.396 e. The Balaban J connectivity index is 2.60. The smallest absolute Gasteiger partial charge is 0.224 e. The van der Waals surface area contributed by atoms with Crippen LogP contribution in [0.2, 0.25) is 5.02 Å². The van der Waals surface area contributed by atoms with Crippen LogP contribution in [0.1, 0.15) is 12.8 Å². The molecule has 0 aromatic heterocycles. The van der Waals surface area contributed by atoms with Crippen LogP contribution in [0, 0.1) is 0 Å². The number of amides is 1. The van der Waals surface area contributed by atoms with Gasteiger partial charge in [-0.05, 0) is 24.6 Å². The molecule has 1 aromatic rings. The monoisotopic (exact) mass is 291 g/mol. The van der Waals surface area contributed by atoms with Gasteiger partial charge in [-0.3, -0.25) is 4.79 Å². The Kier molecular flexibility index (Phi) is 5.08. The van der Waals surface area contributed by atoms with Crippen LogP contribution in [0.25, 0.3) is 0 Å². The molecule has 0 atom stereocenters. The fraction of sp³-hybridized carbons (Fsp3) is 0.300. The molecular weight excluding hydrogens is 281 g/mol. The maximum Gasteiger partial charge on any atom is 0.224 e. The van der Waals surface area contributed by atoms with E-state index in [2.05, 4.69) is 21.2 Å². The van der Waals surface area contributed by atoms with Gasteiger partial charge in [0.1, 0.15) is 0 Å². The number of hydrogen-bond donors (Lipinski definition) is 2. The van der Waals surface area contributed by atoms with Crippen LogP contribution in [0.3, 0.4) is 0 Å². The predicted octanol–water partition coefficient (Wildman–Crippen LogP) is 2.81. The fourth-order valence-corrected chi connectivity index (χ4v) is 1.76. The van der Waals surface area contributed by atoms with Crippen LogP contribution >= 0.6 is 27.5 Å². The summed E-state index contributed by atoms with van der Waals surface area (Å²) in [5, 5.41) is 11.7. The second kappa shape index (κ2) is 6.10. The molecule has 0 aliphatic carbocycles. The summed E-state index contributed by atoms with van der Waals surface area (Å²) in [7, 11) is 0. The van der Waals surface area contributed by atoms with Gasteiger partial charge in [0.05, 0.1) is 10.7 Å². The van der Waals surface area contributed by atoms with E-state index in [0.717, 1.165) is 4.47 Å². The van der Waals surface area contributed by atoms with Gasteiger partial charge < -0.3 is 10.4 Å². The van der Waals surface area contributed by atoms with E-state index in [4.69, 9.17) is 16.7 Å². The number of hydrogen-bond acceptors (Lipinski definition) is 2. The summed E-state index contributed by atoms with van der Waals surface area (Å²) >= 11 is 9.19. The molecule has 0 aliphatic rings. The third-order valence-electron chi connectivity index (χ3n) is 1.77. The molecule has 0 radical (unpaired) electrons. The van der Waals surface area contributed by atoms with Crippen molar-refractivity contribution in [1.29, 1.82) is 0 Å². The normalized spacial score (nSPS) is 10.1. The molecule has 1 amide bonds. The molecule has 2 N–H and O–H groups in total. The van der Waals surface area contributed by atoms with Crippen molar-refractivity contribution in [3.05, 3.63) is 27.7 Å². The minimum absolute atomic E-state index is 0.0154. The van der Waals surface area contributed by atoms with Crippen molar-refractivity contribution >= 4 is 39.1 Å². The Bertz CT molecular complexity index is 357. The highest BCUT2D eigenvalue weighted by atomic mass is 79.9. The highest BCUT2D eigenvalue weighted by Crippen LogP contribution is 2.25. The number of aliphatic hydroxyl groups is 1. The summed E-state index contributed by atoms with van der Waals surface area (Å²) in [4.78, 5) is 11.3. The SMILES string of the molecule is O=C(CCCO)Nc1ccc(Br)cc1Cl. The minimum atomic E-state index is -0.145. The molecule has 15 heavy (non-hydrogen) atoms. The maximum atomic E-state index is 11.3. The van der Waals surface area contributed by atoms with Crippen molar-refractivity contribution in [3.63, 3.8) is 0 Å². The van der Waals surface area contributed by atoms with Gasteiger partial charge in [-0.25, -0.2) is 0 Å². The lowest BCUT2D eigenvalue weighted by molar-refractivity contribution is -0.116. The first-order valence-corrected chi connectivity index (χ1v) is 5.66. The van der Waals surface area contributed by atoms with Crippen LogP contribution in [0.15, 0.2) is 22.7 Å². The van der Waals surface area contributed by atoms with Gasteiger partial charge >= 0.3 is 0 Å². The molecule has 3 nitrogen and oxygen atoms in total. The van der Waals surface area contributed by atoms with Crippen LogP contribution in [-0.4, -0.2) is 17.6 Å². The Morgan fingerprint density at radius 1 is 1.53 bits per heavy atom. The summed E-state index contributed by atoms with van der Waals surface area (Å²) in [5.41, 5.74) is 0.586. The van der Waals surface area contributed by atoms with Gasteiger partial charge in [-0.2, -0.15) is 0 Å². The molecule has 0 spiro atoms. The Morgan fingerprint density at radius 2 is 2.27 bits per heavy atom. The van der Waals surface area contributed by atoms with E-state index >= 15 is 0 Å². The van der Waals surface area contributed by atoms with Crippen LogP contribution in [0.5, 0.6) is 0 Å². The molecule has 0 aliphatic heterocycles. The number of anilines is 1. The first kappa shape index (κ1) is 12.5. The van der Waals surface area contributed by atoms with E-state index in [1.807, 2.05) is 0 Å². The summed E-state index contributed by atoms with van der Waals surface area (Å²) in [6.07, 6.45) is 0.753. The van der Waals surface area contributed by atoms with Crippen molar-refractivity contribution in [2.75, 3.05) is 11.9 Å². The second-order valence-electron chi connectivity index (χ2n) is 3.00.